The predicted octanol–water partition coefficient (Wildman–Crippen LogP) is 2.38. The fourth-order valence-electron chi connectivity index (χ4n) is 1.98. The standard InChI is InChI=1S/C12H12N4S/c13-7-3-1-5-6-2-4-8(14)10(16)12(6)17-11(5)9(7)15/h1-4H,13-16H2. The lowest BCUT2D eigenvalue weighted by molar-refractivity contribution is 1.75. The molecule has 1 aromatic heterocycles. The van der Waals surface area contributed by atoms with Crippen LogP contribution in [0.4, 0.5) is 22.7 Å². The topological polar surface area (TPSA) is 104 Å². The minimum atomic E-state index is 0.593. The van der Waals surface area contributed by atoms with Gasteiger partial charge in [-0.1, -0.05) is 12.1 Å². The van der Waals surface area contributed by atoms with Gasteiger partial charge in [-0.2, -0.15) is 0 Å². The van der Waals surface area contributed by atoms with Crippen molar-refractivity contribution in [1.29, 1.82) is 0 Å². The Balaban J connectivity index is 2.58. The van der Waals surface area contributed by atoms with E-state index in [9.17, 15) is 0 Å². The molecule has 86 valence electrons. The van der Waals surface area contributed by atoms with Gasteiger partial charge in [0.15, 0.2) is 0 Å². The van der Waals surface area contributed by atoms with E-state index in [1.165, 1.54) is 11.3 Å². The van der Waals surface area contributed by atoms with Crippen molar-refractivity contribution in [2.75, 3.05) is 22.9 Å². The van der Waals surface area contributed by atoms with E-state index in [0.717, 1.165) is 20.2 Å². The molecule has 3 aromatic rings. The first-order chi connectivity index (χ1) is 8.09. The SMILES string of the molecule is Nc1ccc2c(sc3c(N)c(N)ccc32)c1N. The molecule has 0 aliphatic carbocycles. The maximum atomic E-state index is 5.98. The van der Waals surface area contributed by atoms with Gasteiger partial charge in [-0.25, -0.2) is 0 Å². The molecule has 8 N–H and O–H groups in total. The minimum Gasteiger partial charge on any atom is -0.397 e. The molecule has 0 unspecified atom stereocenters. The summed E-state index contributed by atoms with van der Waals surface area (Å²) in [6, 6.07) is 7.57. The van der Waals surface area contributed by atoms with Gasteiger partial charge in [-0.05, 0) is 12.1 Å². The first kappa shape index (κ1) is 10.0. The maximum Gasteiger partial charge on any atom is 0.0729 e. The lowest BCUT2D eigenvalue weighted by Crippen LogP contribution is -1.93. The number of fused-ring (bicyclic) bond motifs is 3. The number of hydrogen-bond acceptors (Lipinski definition) is 5. The Labute approximate surface area is 102 Å². The second kappa shape index (κ2) is 3.18. The third-order valence-electron chi connectivity index (χ3n) is 2.95. The van der Waals surface area contributed by atoms with Crippen LogP contribution in [-0.2, 0) is 0 Å². The number of nitrogens with two attached hydrogens (primary N) is 4. The van der Waals surface area contributed by atoms with E-state index in [1.807, 2.05) is 24.3 Å². The Kier molecular flexibility index (Phi) is 1.88. The summed E-state index contributed by atoms with van der Waals surface area (Å²) in [4.78, 5) is 0. The first-order valence-electron chi connectivity index (χ1n) is 5.13. The predicted molar refractivity (Wildman–Crippen MR) is 77.0 cm³/mol. The highest BCUT2D eigenvalue weighted by atomic mass is 32.1. The average molecular weight is 244 g/mol. The molecule has 0 atom stereocenters. The minimum absolute atomic E-state index is 0.593. The quantitative estimate of drug-likeness (QED) is 0.456. The zero-order valence-electron chi connectivity index (χ0n) is 9.03. The van der Waals surface area contributed by atoms with Crippen molar-refractivity contribution in [2.24, 2.45) is 0 Å². The van der Waals surface area contributed by atoms with Crippen LogP contribution < -0.4 is 22.9 Å². The van der Waals surface area contributed by atoms with E-state index in [1.54, 1.807) is 0 Å². The van der Waals surface area contributed by atoms with Gasteiger partial charge in [-0.15, -0.1) is 11.3 Å². The number of anilines is 4. The number of rotatable bonds is 0. The van der Waals surface area contributed by atoms with Gasteiger partial charge in [0, 0.05) is 10.8 Å². The summed E-state index contributed by atoms with van der Waals surface area (Å²) in [6.45, 7) is 0. The van der Waals surface area contributed by atoms with E-state index >= 15 is 0 Å². The summed E-state index contributed by atoms with van der Waals surface area (Å²) < 4.78 is 1.94. The molecule has 0 spiro atoms. The van der Waals surface area contributed by atoms with E-state index in [-0.39, 0.29) is 0 Å². The molecule has 17 heavy (non-hydrogen) atoms. The third-order valence-corrected chi connectivity index (χ3v) is 4.24. The molecule has 0 saturated carbocycles. The summed E-state index contributed by atoms with van der Waals surface area (Å²) >= 11 is 1.53. The van der Waals surface area contributed by atoms with Crippen molar-refractivity contribution in [3.8, 4) is 0 Å². The summed E-state index contributed by atoms with van der Waals surface area (Å²) in [7, 11) is 0. The Morgan fingerprint density at radius 1 is 0.647 bits per heavy atom. The van der Waals surface area contributed by atoms with Crippen LogP contribution in [0.15, 0.2) is 24.3 Å². The summed E-state index contributed by atoms with van der Waals surface area (Å²) in [5.74, 6) is 0. The lowest BCUT2D eigenvalue weighted by atomic mass is 10.1. The molecular weight excluding hydrogens is 232 g/mol. The molecule has 2 aromatic carbocycles. The van der Waals surface area contributed by atoms with Crippen molar-refractivity contribution in [1.82, 2.24) is 0 Å². The molecular formula is C12H12N4S. The van der Waals surface area contributed by atoms with Gasteiger partial charge in [0.1, 0.15) is 0 Å². The van der Waals surface area contributed by atoms with Gasteiger partial charge in [0.05, 0.1) is 32.1 Å². The van der Waals surface area contributed by atoms with E-state index in [0.29, 0.717) is 22.7 Å². The summed E-state index contributed by atoms with van der Waals surface area (Å²) in [6.07, 6.45) is 0. The zero-order valence-corrected chi connectivity index (χ0v) is 9.84. The van der Waals surface area contributed by atoms with Crippen molar-refractivity contribution < 1.29 is 0 Å². The van der Waals surface area contributed by atoms with E-state index in [4.69, 9.17) is 22.9 Å². The molecule has 0 fully saturated rings. The Morgan fingerprint density at radius 3 is 1.47 bits per heavy atom. The number of thiophene rings is 1. The number of nitrogen functional groups attached to an aromatic ring is 4. The van der Waals surface area contributed by atoms with Crippen molar-refractivity contribution in [3.05, 3.63) is 24.3 Å². The Morgan fingerprint density at radius 2 is 1.06 bits per heavy atom. The Bertz CT molecular complexity index is 683. The molecule has 0 saturated heterocycles. The normalized spacial score (nSPS) is 11.3. The largest absolute Gasteiger partial charge is 0.397 e. The first-order valence-corrected chi connectivity index (χ1v) is 5.95. The summed E-state index contributed by atoms with van der Waals surface area (Å²) in [5.41, 5.74) is 26.0. The highest BCUT2D eigenvalue weighted by Gasteiger charge is 2.12. The second-order valence-electron chi connectivity index (χ2n) is 3.99. The second-order valence-corrected chi connectivity index (χ2v) is 5.01. The van der Waals surface area contributed by atoms with Crippen LogP contribution in [0, 0.1) is 0 Å². The lowest BCUT2D eigenvalue weighted by Gasteiger charge is -2.00. The third kappa shape index (κ3) is 1.23. The van der Waals surface area contributed by atoms with Gasteiger partial charge in [-0.3, -0.25) is 0 Å². The average Bonchev–Trinajstić information content (AvgIpc) is 2.69. The van der Waals surface area contributed by atoms with Crippen LogP contribution in [0.5, 0.6) is 0 Å². The van der Waals surface area contributed by atoms with Gasteiger partial charge in [0.25, 0.3) is 0 Å². The van der Waals surface area contributed by atoms with Crippen LogP contribution in [0.2, 0.25) is 0 Å². The summed E-state index contributed by atoms with van der Waals surface area (Å²) in [5, 5.41) is 2.15. The fourth-order valence-corrected chi connectivity index (χ4v) is 3.21. The van der Waals surface area contributed by atoms with Crippen molar-refractivity contribution in [3.63, 3.8) is 0 Å². The molecule has 5 heteroatoms. The molecule has 1 heterocycles. The van der Waals surface area contributed by atoms with Crippen LogP contribution >= 0.6 is 11.3 Å². The molecule has 0 bridgehead atoms. The number of benzene rings is 2. The van der Waals surface area contributed by atoms with E-state index < -0.39 is 0 Å². The molecule has 4 nitrogen and oxygen atoms in total. The van der Waals surface area contributed by atoms with Crippen LogP contribution in [0.1, 0.15) is 0 Å². The monoisotopic (exact) mass is 244 g/mol. The van der Waals surface area contributed by atoms with Gasteiger partial charge in [0.2, 0.25) is 0 Å². The highest BCUT2D eigenvalue weighted by molar-refractivity contribution is 7.27. The van der Waals surface area contributed by atoms with Gasteiger partial charge < -0.3 is 22.9 Å². The van der Waals surface area contributed by atoms with Crippen LogP contribution in [0.25, 0.3) is 20.2 Å². The molecule has 0 aliphatic rings. The zero-order chi connectivity index (χ0) is 12.2. The molecule has 3 rings (SSSR count). The smallest absolute Gasteiger partial charge is 0.0729 e. The molecule has 0 amide bonds. The van der Waals surface area contributed by atoms with Crippen molar-refractivity contribution in [2.45, 2.75) is 0 Å². The highest BCUT2D eigenvalue weighted by Crippen LogP contribution is 2.42. The van der Waals surface area contributed by atoms with Crippen LogP contribution in [-0.4, -0.2) is 0 Å². The fraction of sp³-hybridized carbons (Fsp3) is 0. The molecule has 0 radical (unpaired) electrons. The number of hydrogen-bond donors (Lipinski definition) is 4. The Hall–Kier alpha value is -2.14. The molecule has 0 aliphatic heterocycles. The van der Waals surface area contributed by atoms with Crippen molar-refractivity contribution >= 4 is 54.3 Å². The van der Waals surface area contributed by atoms with Crippen LogP contribution in [0.3, 0.4) is 0 Å². The van der Waals surface area contributed by atoms with E-state index in [2.05, 4.69) is 0 Å². The maximum absolute atomic E-state index is 5.98. The van der Waals surface area contributed by atoms with Gasteiger partial charge >= 0.3 is 0 Å².